The van der Waals surface area contributed by atoms with Crippen molar-refractivity contribution in [1.82, 2.24) is 19.1 Å². The van der Waals surface area contributed by atoms with Crippen molar-refractivity contribution in [1.29, 1.82) is 0 Å². The molecule has 0 amide bonds. The van der Waals surface area contributed by atoms with Gasteiger partial charge in [-0.2, -0.15) is 0 Å². The van der Waals surface area contributed by atoms with Crippen molar-refractivity contribution in [3.8, 4) is 0 Å². The van der Waals surface area contributed by atoms with Gasteiger partial charge in [0.15, 0.2) is 16.3 Å². The molecule has 0 aliphatic rings. The van der Waals surface area contributed by atoms with Crippen LogP contribution in [0.2, 0.25) is 0 Å². The number of aryl methyl sites for hydroxylation is 2. The number of nitrogens with zero attached hydrogens (tertiary/aromatic N) is 3. The number of rotatable bonds is 10. The Morgan fingerprint density at radius 1 is 1.22 bits per heavy atom. The molecule has 9 heteroatoms. The largest absolute Gasteiger partial charge is 0.465 e. The van der Waals surface area contributed by atoms with Crippen molar-refractivity contribution in [2.45, 2.75) is 69.8 Å². The molecule has 1 N–H and O–H groups in total. The van der Waals surface area contributed by atoms with Gasteiger partial charge in [0.2, 0.25) is 0 Å². The van der Waals surface area contributed by atoms with Crippen LogP contribution >= 0.6 is 11.8 Å². The highest BCUT2D eigenvalue weighted by Crippen LogP contribution is 2.28. The van der Waals surface area contributed by atoms with Gasteiger partial charge in [-0.3, -0.25) is 19.1 Å². The van der Waals surface area contributed by atoms with Gasteiger partial charge in [-0.05, 0) is 19.8 Å². The number of carbonyl (C=O) groups is 1. The maximum absolute atomic E-state index is 12.4. The van der Waals surface area contributed by atoms with E-state index in [1.54, 1.807) is 14.0 Å². The minimum Gasteiger partial charge on any atom is -0.465 e. The lowest BCUT2D eigenvalue weighted by Crippen LogP contribution is -2.29. The second-order valence-corrected chi connectivity index (χ2v) is 7.53. The first kappa shape index (κ1) is 21.3. The zero-order chi connectivity index (χ0) is 20.0. The lowest BCUT2D eigenvalue weighted by molar-refractivity contribution is -0.142. The summed E-state index contributed by atoms with van der Waals surface area (Å²) in [7, 11) is 1.58. The number of esters is 1. The highest BCUT2D eigenvalue weighted by Gasteiger charge is 2.24. The Morgan fingerprint density at radius 3 is 2.59 bits per heavy atom. The first-order valence-corrected chi connectivity index (χ1v) is 10.3. The third-order valence-electron chi connectivity index (χ3n) is 4.38. The number of H-pyrrole nitrogens is 1. The van der Waals surface area contributed by atoms with Crippen LogP contribution in [-0.4, -0.2) is 36.9 Å². The predicted molar refractivity (Wildman–Crippen MR) is 106 cm³/mol. The molecule has 1 unspecified atom stereocenters. The quantitative estimate of drug-likeness (QED) is 0.376. The number of aromatic amines is 1. The zero-order valence-corrected chi connectivity index (χ0v) is 17.2. The van der Waals surface area contributed by atoms with E-state index in [2.05, 4.69) is 16.9 Å². The Hall–Kier alpha value is -2.03. The van der Waals surface area contributed by atoms with Gasteiger partial charge in [0, 0.05) is 13.6 Å². The standard InChI is InChI=1S/C18H28N4O4S/c1-5-8-9-10-11-22-13-14(21(4)17(25)20-15(13)23)19-18(22)27-12(6-2)16(24)26-7-3/h12H,5-11H2,1-4H3,(H,20,23,25). The molecule has 1 atom stereocenters. The van der Waals surface area contributed by atoms with Crippen molar-refractivity contribution < 1.29 is 9.53 Å². The summed E-state index contributed by atoms with van der Waals surface area (Å²) in [5, 5.41) is 0.153. The second kappa shape index (κ2) is 9.77. The Morgan fingerprint density at radius 2 is 1.96 bits per heavy atom. The summed E-state index contributed by atoms with van der Waals surface area (Å²) in [6.07, 6.45) is 4.74. The van der Waals surface area contributed by atoms with Crippen LogP contribution < -0.4 is 11.2 Å². The normalized spacial score (nSPS) is 12.4. The van der Waals surface area contributed by atoms with Crippen LogP contribution in [0.3, 0.4) is 0 Å². The van der Waals surface area contributed by atoms with E-state index in [9.17, 15) is 14.4 Å². The molecule has 8 nitrogen and oxygen atoms in total. The zero-order valence-electron chi connectivity index (χ0n) is 16.4. The third-order valence-corrected chi connectivity index (χ3v) is 5.71. The highest BCUT2D eigenvalue weighted by molar-refractivity contribution is 8.00. The number of nitrogens with one attached hydrogen (secondary N) is 1. The van der Waals surface area contributed by atoms with Gasteiger partial charge in [0.05, 0.1) is 6.61 Å². The smallest absolute Gasteiger partial charge is 0.329 e. The Bertz CT molecular complexity index is 899. The molecule has 2 heterocycles. The minimum atomic E-state index is -0.503. The Balaban J connectivity index is 2.47. The van der Waals surface area contributed by atoms with Gasteiger partial charge >= 0.3 is 11.7 Å². The summed E-state index contributed by atoms with van der Waals surface area (Å²) in [6, 6.07) is 0. The van der Waals surface area contributed by atoms with E-state index >= 15 is 0 Å². The van der Waals surface area contributed by atoms with Gasteiger partial charge in [-0.25, -0.2) is 9.78 Å². The van der Waals surface area contributed by atoms with E-state index in [0.29, 0.717) is 35.9 Å². The Labute approximate surface area is 162 Å². The number of hydrogen-bond acceptors (Lipinski definition) is 6. The molecule has 0 saturated heterocycles. The van der Waals surface area contributed by atoms with Crippen LogP contribution in [0.5, 0.6) is 0 Å². The fraction of sp³-hybridized carbons (Fsp3) is 0.667. The summed E-state index contributed by atoms with van der Waals surface area (Å²) in [5.41, 5.74) is -0.250. The van der Waals surface area contributed by atoms with Gasteiger partial charge < -0.3 is 9.30 Å². The molecule has 2 aromatic heterocycles. The molecule has 27 heavy (non-hydrogen) atoms. The van der Waals surface area contributed by atoms with E-state index in [4.69, 9.17) is 4.74 Å². The first-order valence-electron chi connectivity index (χ1n) is 9.47. The molecule has 0 bridgehead atoms. The topological polar surface area (TPSA) is 99.0 Å². The molecule has 2 rings (SSSR count). The van der Waals surface area contributed by atoms with Crippen molar-refractivity contribution in [3.05, 3.63) is 20.8 Å². The summed E-state index contributed by atoms with van der Waals surface area (Å²) >= 11 is 1.29. The monoisotopic (exact) mass is 396 g/mol. The fourth-order valence-electron chi connectivity index (χ4n) is 2.87. The first-order chi connectivity index (χ1) is 12.9. The molecule has 2 aromatic rings. The third kappa shape index (κ3) is 4.82. The van der Waals surface area contributed by atoms with Crippen LogP contribution in [0.1, 0.15) is 52.9 Å². The van der Waals surface area contributed by atoms with E-state index in [-0.39, 0.29) is 5.97 Å². The van der Waals surface area contributed by atoms with Crippen molar-refractivity contribution >= 4 is 28.9 Å². The minimum absolute atomic E-state index is 0.294. The fourth-order valence-corrected chi connectivity index (χ4v) is 3.90. The number of hydrogen-bond donors (Lipinski definition) is 1. The van der Waals surface area contributed by atoms with Crippen molar-refractivity contribution in [3.63, 3.8) is 0 Å². The highest BCUT2D eigenvalue weighted by atomic mass is 32.2. The molecular weight excluding hydrogens is 368 g/mol. The molecular formula is C18H28N4O4S. The van der Waals surface area contributed by atoms with Crippen LogP contribution in [0, 0.1) is 0 Å². The summed E-state index contributed by atoms with van der Waals surface area (Å²) < 4.78 is 8.30. The van der Waals surface area contributed by atoms with Gasteiger partial charge in [-0.1, -0.05) is 44.9 Å². The average molecular weight is 397 g/mol. The van der Waals surface area contributed by atoms with E-state index in [1.807, 2.05) is 11.5 Å². The van der Waals surface area contributed by atoms with Crippen LogP contribution in [0.4, 0.5) is 0 Å². The van der Waals surface area contributed by atoms with E-state index < -0.39 is 16.5 Å². The maximum atomic E-state index is 12.4. The molecule has 0 saturated carbocycles. The molecule has 0 radical (unpaired) electrons. The molecule has 0 fully saturated rings. The molecule has 0 aliphatic heterocycles. The van der Waals surface area contributed by atoms with Gasteiger partial charge in [0.1, 0.15) is 5.25 Å². The Kier molecular flexibility index (Phi) is 7.70. The number of aromatic nitrogens is 4. The van der Waals surface area contributed by atoms with Gasteiger partial charge in [0.25, 0.3) is 5.56 Å². The summed E-state index contributed by atoms with van der Waals surface area (Å²) in [4.78, 5) is 43.4. The number of fused-ring (bicyclic) bond motifs is 1. The van der Waals surface area contributed by atoms with E-state index in [1.165, 1.54) is 16.3 Å². The predicted octanol–water partition coefficient (Wildman–Crippen LogP) is 2.44. The van der Waals surface area contributed by atoms with Crippen LogP contribution in [-0.2, 0) is 23.1 Å². The summed E-state index contributed by atoms with van der Waals surface area (Å²) in [5.74, 6) is -0.294. The number of unbranched alkanes of at least 4 members (excludes halogenated alkanes) is 3. The van der Waals surface area contributed by atoms with E-state index in [0.717, 1.165) is 25.7 Å². The summed E-state index contributed by atoms with van der Waals surface area (Å²) in [6.45, 7) is 6.75. The van der Waals surface area contributed by atoms with Crippen molar-refractivity contribution in [2.24, 2.45) is 7.05 Å². The molecule has 0 aliphatic carbocycles. The second-order valence-electron chi connectivity index (χ2n) is 6.36. The van der Waals surface area contributed by atoms with Crippen LogP contribution in [0.25, 0.3) is 11.2 Å². The number of ether oxygens (including phenoxy) is 1. The lowest BCUT2D eigenvalue weighted by Gasteiger charge is -2.14. The number of carbonyl (C=O) groups excluding carboxylic acids is 1. The maximum Gasteiger partial charge on any atom is 0.329 e. The lowest BCUT2D eigenvalue weighted by atomic mass is 10.2. The average Bonchev–Trinajstić information content (AvgIpc) is 3.00. The van der Waals surface area contributed by atoms with Crippen LogP contribution in [0.15, 0.2) is 14.7 Å². The SMILES string of the molecule is CCCCCCn1c(SC(CC)C(=O)OCC)nc2c1c(=O)[nH]c(=O)n2C. The van der Waals surface area contributed by atoms with Crippen molar-refractivity contribution in [2.75, 3.05) is 6.61 Å². The van der Waals surface area contributed by atoms with Gasteiger partial charge in [-0.15, -0.1) is 0 Å². The molecule has 0 aromatic carbocycles. The number of imidazole rings is 1. The molecule has 150 valence electrons. The molecule has 0 spiro atoms. The number of thioether (sulfide) groups is 1.